The van der Waals surface area contributed by atoms with Crippen LogP contribution in [0.1, 0.15) is 13.8 Å². The van der Waals surface area contributed by atoms with Crippen LogP contribution in [0.2, 0.25) is 0 Å². The average molecular weight is 183 g/mol. The Labute approximate surface area is 67.4 Å². The fourth-order valence-corrected chi connectivity index (χ4v) is 1.25. The first kappa shape index (κ1) is 10.8. The molecule has 3 nitrogen and oxygen atoms in total. The van der Waals surface area contributed by atoms with E-state index in [0.717, 1.165) is 13.1 Å². The lowest BCUT2D eigenvalue weighted by Gasteiger charge is -2.15. The first-order valence-electron chi connectivity index (χ1n) is 3.64. The van der Waals surface area contributed by atoms with Gasteiger partial charge >= 0.3 is 10.2 Å². The third-order valence-corrected chi connectivity index (χ3v) is 2.22. The summed E-state index contributed by atoms with van der Waals surface area (Å²) < 4.78 is 32.1. The molecule has 0 saturated carbocycles. The molecule has 0 heterocycles. The van der Waals surface area contributed by atoms with E-state index < -0.39 is 16.0 Å². The van der Waals surface area contributed by atoms with Crippen LogP contribution >= 0.6 is 0 Å². The second-order valence-corrected chi connectivity index (χ2v) is 3.76. The van der Waals surface area contributed by atoms with Crippen molar-refractivity contribution in [1.29, 1.82) is 0 Å². The van der Waals surface area contributed by atoms with Crippen molar-refractivity contribution in [2.75, 3.05) is 25.4 Å². The molecule has 0 aliphatic rings. The van der Waals surface area contributed by atoms with Crippen molar-refractivity contribution in [2.45, 2.75) is 13.8 Å². The summed E-state index contributed by atoms with van der Waals surface area (Å²) in [5.41, 5.74) is 0. The number of halogens is 1. The first-order valence-corrected chi connectivity index (χ1v) is 5.19. The highest BCUT2D eigenvalue weighted by Gasteiger charge is 2.08. The van der Waals surface area contributed by atoms with Gasteiger partial charge in [0, 0.05) is 6.54 Å². The molecule has 0 aromatic carbocycles. The third-order valence-electron chi connectivity index (χ3n) is 1.55. The molecule has 0 atom stereocenters. The summed E-state index contributed by atoms with van der Waals surface area (Å²) in [6.07, 6.45) is 0. The van der Waals surface area contributed by atoms with Gasteiger partial charge < -0.3 is 4.90 Å². The van der Waals surface area contributed by atoms with Crippen molar-refractivity contribution in [3.05, 3.63) is 0 Å². The van der Waals surface area contributed by atoms with E-state index >= 15 is 0 Å². The fraction of sp³-hybridized carbons (Fsp3) is 1.00. The molecular formula is C6H14FNO2S. The molecule has 0 fully saturated rings. The van der Waals surface area contributed by atoms with Gasteiger partial charge in [-0.2, -0.15) is 8.42 Å². The number of rotatable bonds is 5. The van der Waals surface area contributed by atoms with E-state index in [4.69, 9.17) is 0 Å². The van der Waals surface area contributed by atoms with Gasteiger partial charge in [0.15, 0.2) is 0 Å². The Bertz CT molecular complexity index is 187. The van der Waals surface area contributed by atoms with E-state index in [1.165, 1.54) is 0 Å². The van der Waals surface area contributed by atoms with Crippen LogP contribution in [0.15, 0.2) is 0 Å². The van der Waals surface area contributed by atoms with Crippen LogP contribution in [0, 0.1) is 0 Å². The van der Waals surface area contributed by atoms with Crippen molar-refractivity contribution >= 4 is 10.2 Å². The number of nitrogens with zero attached hydrogens (tertiary/aromatic N) is 1. The zero-order valence-corrected chi connectivity index (χ0v) is 7.69. The van der Waals surface area contributed by atoms with E-state index in [9.17, 15) is 12.3 Å². The standard InChI is InChI=1S/C6H14FNO2S/c1-3-8(4-2)5-6-11(7,9)10/h3-6H2,1-2H3. The van der Waals surface area contributed by atoms with Crippen LogP contribution in [0.25, 0.3) is 0 Å². The van der Waals surface area contributed by atoms with Crippen molar-refractivity contribution in [3.8, 4) is 0 Å². The molecule has 68 valence electrons. The molecule has 0 N–H and O–H groups in total. The lowest BCUT2D eigenvalue weighted by molar-refractivity contribution is 0.320. The minimum Gasteiger partial charge on any atom is -0.303 e. The minimum atomic E-state index is -4.28. The molecule has 5 heteroatoms. The topological polar surface area (TPSA) is 37.4 Å². The summed E-state index contributed by atoms with van der Waals surface area (Å²) in [4.78, 5) is 1.86. The highest BCUT2D eigenvalue weighted by Crippen LogP contribution is 1.93. The van der Waals surface area contributed by atoms with E-state index in [1.807, 2.05) is 18.7 Å². The highest BCUT2D eigenvalue weighted by atomic mass is 32.3. The van der Waals surface area contributed by atoms with Gasteiger partial charge in [0.2, 0.25) is 0 Å². The van der Waals surface area contributed by atoms with Crippen molar-refractivity contribution in [1.82, 2.24) is 4.90 Å². The third kappa shape index (κ3) is 6.25. The molecule has 0 aromatic heterocycles. The van der Waals surface area contributed by atoms with Crippen molar-refractivity contribution in [2.24, 2.45) is 0 Å². The van der Waals surface area contributed by atoms with Crippen LogP contribution in [-0.4, -0.2) is 38.7 Å². The molecule has 0 amide bonds. The van der Waals surface area contributed by atoms with Crippen molar-refractivity contribution in [3.63, 3.8) is 0 Å². The molecule has 0 aliphatic heterocycles. The summed E-state index contributed by atoms with van der Waals surface area (Å²) in [7, 11) is -4.28. The largest absolute Gasteiger partial charge is 0.303 e. The van der Waals surface area contributed by atoms with Crippen LogP contribution < -0.4 is 0 Å². The Hall–Kier alpha value is -0.160. The van der Waals surface area contributed by atoms with E-state index in [2.05, 4.69) is 0 Å². The van der Waals surface area contributed by atoms with Gasteiger partial charge in [0.05, 0.1) is 5.75 Å². The maximum atomic E-state index is 12.0. The van der Waals surface area contributed by atoms with Gasteiger partial charge in [-0.25, -0.2) is 0 Å². The molecule has 0 aromatic rings. The first-order chi connectivity index (χ1) is 4.99. The summed E-state index contributed by atoms with van der Waals surface area (Å²) in [6.45, 7) is 5.62. The van der Waals surface area contributed by atoms with Crippen LogP contribution in [0.3, 0.4) is 0 Å². The van der Waals surface area contributed by atoms with E-state index in [0.29, 0.717) is 0 Å². The van der Waals surface area contributed by atoms with Gasteiger partial charge in [-0.05, 0) is 13.1 Å². The van der Waals surface area contributed by atoms with Crippen LogP contribution in [0.5, 0.6) is 0 Å². The number of hydrogen-bond donors (Lipinski definition) is 0. The van der Waals surface area contributed by atoms with Gasteiger partial charge in [0.1, 0.15) is 0 Å². The molecule has 0 bridgehead atoms. The monoisotopic (exact) mass is 183 g/mol. The number of hydrogen-bond acceptors (Lipinski definition) is 3. The van der Waals surface area contributed by atoms with Gasteiger partial charge in [-0.15, -0.1) is 3.89 Å². The zero-order valence-electron chi connectivity index (χ0n) is 6.88. The van der Waals surface area contributed by atoms with E-state index in [-0.39, 0.29) is 6.54 Å². The van der Waals surface area contributed by atoms with E-state index in [1.54, 1.807) is 0 Å². The smallest absolute Gasteiger partial charge is 0.303 e. The SMILES string of the molecule is CCN(CC)CCS(=O)(=O)F. The molecule has 0 aliphatic carbocycles. The van der Waals surface area contributed by atoms with Gasteiger partial charge in [0.25, 0.3) is 0 Å². The second-order valence-electron chi connectivity index (χ2n) is 2.27. The Morgan fingerprint density at radius 3 is 2.00 bits per heavy atom. The average Bonchev–Trinajstić information content (AvgIpc) is 1.88. The molecule has 0 rings (SSSR count). The molecule has 0 unspecified atom stereocenters. The molecule has 0 radical (unpaired) electrons. The van der Waals surface area contributed by atoms with Crippen LogP contribution in [0.4, 0.5) is 3.89 Å². The molecular weight excluding hydrogens is 169 g/mol. The Morgan fingerprint density at radius 1 is 1.27 bits per heavy atom. The lowest BCUT2D eigenvalue weighted by Crippen LogP contribution is -2.27. The fourth-order valence-electron chi connectivity index (χ4n) is 0.778. The molecule has 11 heavy (non-hydrogen) atoms. The zero-order chi connectivity index (χ0) is 8.91. The van der Waals surface area contributed by atoms with Crippen LogP contribution in [-0.2, 0) is 10.2 Å². The minimum absolute atomic E-state index is 0.284. The molecule has 0 saturated heterocycles. The maximum Gasteiger partial charge on any atom is 0.303 e. The summed E-state index contributed by atoms with van der Waals surface area (Å²) in [5.74, 6) is -0.394. The summed E-state index contributed by atoms with van der Waals surface area (Å²) >= 11 is 0. The van der Waals surface area contributed by atoms with Gasteiger partial charge in [-0.1, -0.05) is 13.8 Å². The Balaban J connectivity index is 3.69. The quantitative estimate of drug-likeness (QED) is 0.587. The van der Waals surface area contributed by atoms with Crippen molar-refractivity contribution < 1.29 is 12.3 Å². The maximum absolute atomic E-state index is 12.0. The summed E-state index contributed by atoms with van der Waals surface area (Å²) in [5, 5.41) is 0. The highest BCUT2D eigenvalue weighted by molar-refractivity contribution is 7.86. The Morgan fingerprint density at radius 2 is 1.73 bits per heavy atom. The normalized spacial score (nSPS) is 12.4. The predicted octanol–water partition coefficient (Wildman–Crippen LogP) is 0.627. The van der Waals surface area contributed by atoms with Gasteiger partial charge in [-0.3, -0.25) is 0 Å². The second kappa shape index (κ2) is 4.66. The molecule has 0 spiro atoms. The summed E-state index contributed by atoms with van der Waals surface area (Å²) in [6, 6.07) is 0. The lowest BCUT2D eigenvalue weighted by atomic mass is 10.5. The Kier molecular flexibility index (Phi) is 4.60. The predicted molar refractivity (Wildman–Crippen MR) is 42.7 cm³/mol.